The molecular formula is C18H22N2O4. The molecule has 3 rings (SSSR count). The molecule has 1 fully saturated rings. The number of carbonyl (C=O) groups excluding carboxylic acids is 2. The minimum atomic E-state index is -0.954. The second kappa shape index (κ2) is 5.61. The van der Waals surface area contributed by atoms with E-state index in [9.17, 15) is 19.5 Å². The van der Waals surface area contributed by atoms with Gasteiger partial charge in [0.15, 0.2) is 0 Å². The van der Waals surface area contributed by atoms with Crippen molar-refractivity contribution >= 4 is 23.5 Å². The summed E-state index contributed by atoms with van der Waals surface area (Å²) in [6.45, 7) is 3.57. The molecule has 0 radical (unpaired) electrons. The van der Waals surface area contributed by atoms with Crippen LogP contribution in [-0.4, -0.2) is 40.9 Å². The summed E-state index contributed by atoms with van der Waals surface area (Å²) in [5, 5.41) is 12.1. The second-order valence-corrected chi connectivity index (χ2v) is 7.26. The number of amides is 2. The first-order valence-electron chi connectivity index (χ1n) is 8.13. The van der Waals surface area contributed by atoms with Crippen molar-refractivity contribution in [2.24, 2.45) is 17.3 Å². The molecule has 3 atom stereocenters. The molecule has 2 N–H and O–H groups in total. The molecule has 2 aliphatic rings. The van der Waals surface area contributed by atoms with Gasteiger partial charge in [-0.3, -0.25) is 14.4 Å². The van der Waals surface area contributed by atoms with E-state index < -0.39 is 29.3 Å². The first-order valence-corrected chi connectivity index (χ1v) is 8.13. The zero-order valence-electron chi connectivity index (χ0n) is 14.1. The summed E-state index contributed by atoms with van der Waals surface area (Å²) in [6, 6.07) is 7.00. The summed E-state index contributed by atoms with van der Waals surface area (Å²) in [4.78, 5) is 38.0. The number of aliphatic carboxylic acids is 1. The standard InChI is InChI=1S/C18H22N2O4/c1-18(2)13(14(18)17(23)24)16(22)20(3)12-9-8-10-6-4-5-7-11(10)19-15(12)21/h4-7,12-14H,8-9H2,1-3H3,(H,19,21)(H,23,24)/t12-,13-,14+/m0/s1. The highest BCUT2D eigenvalue weighted by Crippen LogP contribution is 2.59. The van der Waals surface area contributed by atoms with Crippen LogP contribution in [-0.2, 0) is 20.8 Å². The number of hydrogen-bond donors (Lipinski definition) is 2. The molecule has 2 amide bonds. The zero-order valence-corrected chi connectivity index (χ0v) is 14.1. The van der Waals surface area contributed by atoms with Gasteiger partial charge in [-0.25, -0.2) is 0 Å². The summed E-state index contributed by atoms with van der Waals surface area (Å²) in [5.74, 6) is -2.69. The Bertz CT molecular complexity index is 713. The third kappa shape index (κ3) is 2.56. The molecule has 6 heteroatoms. The van der Waals surface area contributed by atoms with Crippen LogP contribution in [0.25, 0.3) is 0 Å². The number of likely N-dealkylation sites (N-methyl/N-ethyl adjacent to an activating group) is 1. The SMILES string of the molecule is CN(C(=O)[C@@H]1[C@H](C(=O)O)C1(C)C)[C@H]1CCc2ccccc2NC1=O. The number of fused-ring (bicyclic) bond motifs is 1. The number of carboxylic acid groups (broad SMARTS) is 1. The largest absolute Gasteiger partial charge is 0.481 e. The predicted molar refractivity (Wildman–Crippen MR) is 88.3 cm³/mol. The van der Waals surface area contributed by atoms with Gasteiger partial charge in [0.2, 0.25) is 11.8 Å². The fourth-order valence-corrected chi connectivity index (χ4v) is 3.80. The van der Waals surface area contributed by atoms with Crippen molar-refractivity contribution in [3.8, 4) is 0 Å². The lowest BCUT2D eigenvalue weighted by molar-refractivity contribution is -0.143. The third-order valence-corrected chi connectivity index (χ3v) is 5.44. The molecule has 0 aromatic heterocycles. The second-order valence-electron chi connectivity index (χ2n) is 7.26. The summed E-state index contributed by atoms with van der Waals surface area (Å²) in [7, 11) is 1.59. The highest BCUT2D eigenvalue weighted by atomic mass is 16.4. The Morgan fingerprint density at radius 3 is 2.54 bits per heavy atom. The fraction of sp³-hybridized carbons (Fsp3) is 0.500. The van der Waals surface area contributed by atoms with E-state index in [0.29, 0.717) is 12.8 Å². The highest BCUT2D eigenvalue weighted by molar-refractivity contribution is 6.00. The molecule has 1 aliphatic heterocycles. The van der Waals surface area contributed by atoms with Crippen LogP contribution in [0.15, 0.2) is 24.3 Å². The van der Waals surface area contributed by atoms with Gasteiger partial charge in [0, 0.05) is 12.7 Å². The monoisotopic (exact) mass is 330 g/mol. The Hall–Kier alpha value is -2.37. The van der Waals surface area contributed by atoms with Crippen molar-refractivity contribution in [3.05, 3.63) is 29.8 Å². The first-order chi connectivity index (χ1) is 11.2. The molecule has 0 unspecified atom stereocenters. The Labute approximate surface area is 140 Å². The lowest BCUT2D eigenvalue weighted by atomic mass is 10.0. The minimum Gasteiger partial charge on any atom is -0.481 e. The Morgan fingerprint density at radius 1 is 1.25 bits per heavy atom. The lowest BCUT2D eigenvalue weighted by Crippen LogP contribution is -2.45. The molecule has 0 saturated heterocycles. The van der Waals surface area contributed by atoms with Gasteiger partial charge in [-0.2, -0.15) is 0 Å². The highest BCUT2D eigenvalue weighted by Gasteiger charge is 2.66. The van der Waals surface area contributed by atoms with Crippen LogP contribution in [0.4, 0.5) is 5.69 Å². The Balaban J connectivity index is 1.76. The molecule has 0 bridgehead atoms. The van der Waals surface area contributed by atoms with Crippen molar-refractivity contribution in [1.82, 2.24) is 4.90 Å². The maximum atomic E-state index is 12.7. The van der Waals surface area contributed by atoms with Crippen LogP contribution in [0, 0.1) is 17.3 Å². The topological polar surface area (TPSA) is 86.7 Å². The number of carbonyl (C=O) groups is 3. The fourth-order valence-electron chi connectivity index (χ4n) is 3.80. The predicted octanol–water partition coefficient (Wildman–Crippen LogP) is 1.76. The van der Waals surface area contributed by atoms with Crippen LogP contribution < -0.4 is 5.32 Å². The number of aryl methyl sites for hydroxylation is 1. The van der Waals surface area contributed by atoms with Gasteiger partial charge >= 0.3 is 5.97 Å². The number of hydrogen-bond acceptors (Lipinski definition) is 3. The van der Waals surface area contributed by atoms with Crippen LogP contribution in [0.2, 0.25) is 0 Å². The molecule has 24 heavy (non-hydrogen) atoms. The van der Waals surface area contributed by atoms with E-state index in [-0.39, 0.29) is 11.8 Å². The number of anilines is 1. The average Bonchev–Trinajstić information content (AvgIpc) is 3.14. The maximum absolute atomic E-state index is 12.7. The normalized spacial score (nSPS) is 27.5. The number of para-hydroxylation sites is 1. The third-order valence-electron chi connectivity index (χ3n) is 5.44. The van der Waals surface area contributed by atoms with Gasteiger partial charge in [0.1, 0.15) is 6.04 Å². The van der Waals surface area contributed by atoms with Crippen molar-refractivity contribution in [1.29, 1.82) is 0 Å². The summed E-state index contributed by atoms with van der Waals surface area (Å²) in [5.41, 5.74) is 1.26. The number of nitrogens with zero attached hydrogens (tertiary/aromatic N) is 1. The van der Waals surface area contributed by atoms with E-state index in [0.717, 1.165) is 11.3 Å². The van der Waals surface area contributed by atoms with Gasteiger partial charge in [0.25, 0.3) is 0 Å². The van der Waals surface area contributed by atoms with E-state index in [2.05, 4.69) is 5.32 Å². The molecule has 1 aromatic rings. The summed E-state index contributed by atoms with van der Waals surface area (Å²) in [6.07, 6.45) is 1.21. The van der Waals surface area contributed by atoms with Crippen molar-refractivity contribution in [3.63, 3.8) is 0 Å². The van der Waals surface area contributed by atoms with E-state index >= 15 is 0 Å². The van der Waals surface area contributed by atoms with E-state index in [4.69, 9.17) is 0 Å². The van der Waals surface area contributed by atoms with Gasteiger partial charge in [0.05, 0.1) is 11.8 Å². The summed E-state index contributed by atoms with van der Waals surface area (Å²) >= 11 is 0. The number of nitrogens with one attached hydrogen (secondary N) is 1. The molecule has 128 valence electrons. The molecule has 1 aromatic carbocycles. The lowest BCUT2D eigenvalue weighted by Gasteiger charge is -2.26. The van der Waals surface area contributed by atoms with Crippen molar-refractivity contribution in [2.45, 2.75) is 32.7 Å². The molecule has 1 saturated carbocycles. The van der Waals surface area contributed by atoms with Crippen LogP contribution in [0.5, 0.6) is 0 Å². The average molecular weight is 330 g/mol. The number of rotatable bonds is 3. The quantitative estimate of drug-likeness (QED) is 0.884. The maximum Gasteiger partial charge on any atom is 0.307 e. The van der Waals surface area contributed by atoms with E-state index in [1.807, 2.05) is 24.3 Å². The Kier molecular flexibility index (Phi) is 3.86. The number of carboxylic acids is 1. The van der Waals surface area contributed by atoms with Crippen molar-refractivity contribution < 1.29 is 19.5 Å². The molecule has 6 nitrogen and oxygen atoms in total. The first kappa shape index (κ1) is 16.5. The van der Waals surface area contributed by atoms with Crippen LogP contribution in [0.3, 0.4) is 0 Å². The summed E-state index contributed by atoms with van der Waals surface area (Å²) < 4.78 is 0. The van der Waals surface area contributed by atoms with Gasteiger partial charge in [-0.05, 0) is 29.9 Å². The smallest absolute Gasteiger partial charge is 0.307 e. The van der Waals surface area contributed by atoms with Gasteiger partial charge < -0.3 is 15.3 Å². The molecule has 1 aliphatic carbocycles. The zero-order chi connectivity index (χ0) is 17.6. The molecular weight excluding hydrogens is 308 g/mol. The van der Waals surface area contributed by atoms with Crippen molar-refractivity contribution in [2.75, 3.05) is 12.4 Å². The van der Waals surface area contributed by atoms with Gasteiger partial charge in [-0.1, -0.05) is 32.0 Å². The van der Waals surface area contributed by atoms with Crippen LogP contribution in [0.1, 0.15) is 25.8 Å². The number of benzene rings is 1. The minimum absolute atomic E-state index is 0.221. The van der Waals surface area contributed by atoms with E-state index in [1.165, 1.54) is 4.90 Å². The molecule has 1 heterocycles. The van der Waals surface area contributed by atoms with E-state index in [1.54, 1.807) is 20.9 Å². The van der Waals surface area contributed by atoms with Crippen LogP contribution >= 0.6 is 0 Å². The molecule has 0 spiro atoms. The van der Waals surface area contributed by atoms with Gasteiger partial charge in [-0.15, -0.1) is 0 Å². The Morgan fingerprint density at radius 2 is 1.92 bits per heavy atom.